The predicted molar refractivity (Wildman–Crippen MR) is 88.0 cm³/mol. The van der Waals surface area contributed by atoms with E-state index < -0.39 is 10.0 Å². The molecule has 1 amide bonds. The molecule has 0 unspecified atom stereocenters. The number of hydrogen-bond donors (Lipinski definition) is 3. The first kappa shape index (κ1) is 17.4. The molecule has 3 N–H and O–H groups in total. The highest BCUT2D eigenvalue weighted by atomic mass is 79.9. The van der Waals surface area contributed by atoms with E-state index in [0.717, 1.165) is 25.9 Å². The van der Waals surface area contributed by atoms with Gasteiger partial charge in [0.05, 0.1) is 4.90 Å². The van der Waals surface area contributed by atoms with Gasteiger partial charge in [0.1, 0.15) is 0 Å². The highest BCUT2D eigenvalue weighted by Crippen LogP contribution is 2.15. The van der Waals surface area contributed by atoms with Gasteiger partial charge in [0.25, 0.3) is 0 Å². The van der Waals surface area contributed by atoms with Crippen molar-refractivity contribution in [1.82, 2.24) is 15.4 Å². The molecule has 22 heavy (non-hydrogen) atoms. The van der Waals surface area contributed by atoms with Crippen molar-refractivity contribution in [3.05, 3.63) is 28.7 Å². The van der Waals surface area contributed by atoms with Crippen LogP contribution in [-0.2, 0) is 14.8 Å². The SMILES string of the molecule is O=C(CCNS(=O)(=O)c1cccc(Br)c1)N[C@H]1CCCNC1. The van der Waals surface area contributed by atoms with Crippen LogP contribution in [-0.4, -0.2) is 40.0 Å². The van der Waals surface area contributed by atoms with Crippen LogP contribution in [0.5, 0.6) is 0 Å². The number of carbonyl (C=O) groups excluding carboxylic acids is 1. The lowest BCUT2D eigenvalue weighted by atomic mass is 10.1. The fraction of sp³-hybridized carbons (Fsp3) is 0.500. The molecule has 1 aromatic rings. The van der Waals surface area contributed by atoms with Crippen LogP contribution < -0.4 is 15.4 Å². The van der Waals surface area contributed by atoms with Gasteiger partial charge in [-0.1, -0.05) is 22.0 Å². The number of sulfonamides is 1. The summed E-state index contributed by atoms with van der Waals surface area (Å²) in [5.41, 5.74) is 0. The highest BCUT2D eigenvalue weighted by Gasteiger charge is 2.17. The number of rotatable bonds is 6. The molecule has 0 saturated carbocycles. The molecule has 2 rings (SSSR count). The maximum Gasteiger partial charge on any atom is 0.240 e. The van der Waals surface area contributed by atoms with E-state index in [1.807, 2.05) is 0 Å². The second kappa shape index (κ2) is 8.05. The van der Waals surface area contributed by atoms with Crippen LogP contribution in [0.3, 0.4) is 0 Å². The fourth-order valence-corrected chi connectivity index (χ4v) is 3.92. The number of hydrogen-bond acceptors (Lipinski definition) is 4. The van der Waals surface area contributed by atoms with Gasteiger partial charge in [0, 0.05) is 30.0 Å². The summed E-state index contributed by atoms with van der Waals surface area (Å²) in [5, 5.41) is 6.13. The van der Waals surface area contributed by atoms with Crippen LogP contribution in [0, 0.1) is 0 Å². The number of piperidine rings is 1. The maximum absolute atomic E-state index is 12.1. The number of halogens is 1. The molecule has 6 nitrogen and oxygen atoms in total. The zero-order valence-electron chi connectivity index (χ0n) is 12.1. The third-order valence-corrected chi connectivity index (χ3v) is 5.36. The topological polar surface area (TPSA) is 87.3 Å². The second-order valence-electron chi connectivity index (χ2n) is 5.22. The van der Waals surface area contributed by atoms with E-state index >= 15 is 0 Å². The minimum absolute atomic E-state index is 0.0842. The summed E-state index contributed by atoms with van der Waals surface area (Å²) in [7, 11) is -3.58. The number of nitrogens with one attached hydrogen (secondary N) is 3. The molecule has 1 heterocycles. The van der Waals surface area contributed by atoms with E-state index in [9.17, 15) is 13.2 Å². The first-order valence-corrected chi connectivity index (χ1v) is 9.50. The average molecular weight is 390 g/mol. The molecule has 122 valence electrons. The Morgan fingerprint density at radius 1 is 1.41 bits per heavy atom. The van der Waals surface area contributed by atoms with Crippen LogP contribution in [0.1, 0.15) is 19.3 Å². The highest BCUT2D eigenvalue weighted by molar-refractivity contribution is 9.10. The standard InChI is InChI=1S/C14H20BrN3O3S/c15-11-3-1-5-13(9-11)22(20,21)17-8-6-14(19)18-12-4-2-7-16-10-12/h1,3,5,9,12,16-17H,2,4,6-8,10H2,(H,18,19)/t12-/m0/s1. The van der Waals surface area contributed by atoms with Gasteiger partial charge in [-0.25, -0.2) is 13.1 Å². The molecule has 1 aliphatic heterocycles. The third-order valence-electron chi connectivity index (χ3n) is 3.41. The summed E-state index contributed by atoms with van der Waals surface area (Å²) in [6.07, 6.45) is 2.13. The number of benzene rings is 1. The molecule has 1 atom stereocenters. The summed E-state index contributed by atoms with van der Waals surface area (Å²) in [5.74, 6) is -0.134. The van der Waals surface area contributed by atoms with Crippen molar-refractivity contribution >= 4 is 31.9 Å². The number of amides is 1. The Morgan fingerprint density at radius 3 is 2.91 bits per heavy atom. The first-order valence-electron chi connectivity index (χ1n) is 7.23. The fourth-order valence-electron chi connectivity index (χ4n) is 2.29. The smallest absolute Gasteiger partial charge is 0.240 e. The lowest BCUT2D eigenvalue weighted by Crippen LogP contribution is -2.46. The Kier molecular flexibility index (Phi) is 6.37. The zero-order valence-corrected chi connectivity index (χ0v) is 14.5. The molecule has 0 radical (unpaired) electrons. The van der Waals surface area contributed by atoms with E-state index in [4.69, 9.17) is 0 Å². The van der Waals surface area contributed by atoms with Crippen molar-refractivity contribution in [3.8, 4) is 0 Å². The van der Waals surface area contributed by atoms with Crippen molar-refractivity contribution in [2.24, 2.45) is 0 Å². The van der Waals surface area contributed by atoms with Crippen molar-refractivity contribution < 1.29 is 13.2 Å². The van der Waals surface area contributed by atoms with Gasteiger partial charge < -0.3 is 10.6 Å². The lowest BCUT2D eigenvalue weighted by Gasteiger charge is -2.23. The van der Waals surface area contributed by atoms with Crippen LogP contribution in [0.15, 0.2) is 33.6 Å². The van der Waals surface area contributed by atoms with Crippen molar-refractivity contribution in [2.75, 3.05) is 19.6 Å². The van der Waals surface area contributed by atoms with E-state index in [1.54, 1.807) is 12.1 Å². The van der Waals surface area contributed by atoms with Gasteiger partial charge >= 0.3 is 0 Å². The second-order valence-corrected chi connectivity index (χ2v) is 7.90. The molecule has 0 bridgehead atoms. The van der Waals surface area contributed by atoms with Gasteiger partial charge in [0.15, 0.2) is 0 Å². The van der Waals surface area contributed by atoms with Crippen molar-refractivity contribution in [1.29, 1.82) is 0 Å². The Labute approximate surface area is 139 Å². The quantitative estimate of drug-likeness (QED) is 0.676. The monoisotopic (exact) mass is 389 g/mol. The molecule has 0 aliphatic carbocycles. The minimum Gasteiger partial charge on any atom is -0.352 e. The van der Waals surface area contributed by atoms with Crippen LogP contribution in [0.25, 0.3) is 0 Å². The molecule has 1 fully saturated rings. The lowest BCUT2D eigenvalue weighted by molar-refractivity contribution is -0.121. The van der Waals surface area contributed by atoms with Crippen molar-refractivity contribution in [3.63, 3.8) is 0 Å². The minimum atomic E-state index is -3.58. The van der Waals surface area contributed by atoms with Gasteiger partial charge in [-0.2, -0.15) is 0 Å². The normalized spacial score (nSPS) is 18.9. The molecule has 1 aliphatic rings. The summed E-state index contributed by atoms with van der Waals surface area (Å²) in [6, 6.07) is 6.59. The summed E-state index contributed by atoms with van der Waals surface area (Å²) in [6.45, 7) is 1.84. The molecule has 1 saturated heterocycles. The van der Waals surface area contributed by atoms with Crippen LogP contribution >= 0.6 is 15.9 Å². The molecule has 0 spiro atoms. The predicted octanol–water partition coefficient (Wildman–Crippen LogP) is 0.986. The van der Waals surface area contributed by atoms with E-state index in [0.29, 0.717) is 4.47 Å². The van der Waals surface area contributed by atoms with E-state index in [-0.39, 0.29) is 29.8 Å². The van der Waals surface area contributed by atoms with Crippen LogP contribution in [0.2, 0.25) is 0 Å². The molecule has 1 aromatic carbocycles. The molecule has 0 aromatic heterocycles. The summed E-state index contributed by atoms with van der Waals surface area (Å²) >= 11 is 3.24. The summed E-state index contributed by atoms with van der Waals surface area (Å²) in [4.78, 5) is 12.0. The van der Waals surface area contributed by atoms with Gasteiger partial charge in [-0.3, -0.25) is 4.79 Å². The zero-order chi connectivity index (χ0) is 16.0. The average Bonchev–Trinajstić information content (AvgIpc) is 2.48. The Balaban J connectivity index is 1.78. The largest absolute Gasteiger partial charge is 0.352 e. The third kappa shape index (κ3) is 5.35. The Bertz CT molecular complexity index is 616. The summed E-state index contributed by atoms with van der Waals surface area (Å²) < 4.78 is 27.3. The van der Waals surface area contributed by atoms with E-state index in [1.165, 1.54) is 12.1 Å². The van der Waals surface area contributed by atoms with Gasteiger partial charge in [-0.05, 0) is 37.6 Å². The Hall–Kier alpha value is -0.960. The van der Waals surface area contributed by atoms with Gasteiger partial charge in [-0.15, -0.1) is 0 Å². The molecular formula is C14H20BrN3O3S. The van der Waals surface area contributed by atoms with E-state index in [2.05, 4.69) is 31.3 Å². The van der Waals surface area contributed by atoms with Crippen LogP contribution in [0.4, 0.5) is 0 Å². The first-order chi connectivity index (χ1) is 10.5. The molecule has 8 heteroatoms. The van der Waals surface area contributed by atoms with Crippen molar-refractivity contribution in [2.45, 2.75) is 30.2 Å². The molecular weight excluding hydrogens is 370 g/mol. The Morgan fingerprint density at radius 2 is 2.23 bits per heavy atom. The number of carbonyl (C=O) groups is 1. The van der Waals surface area contributed by atoms with Gasteiger partial charge in [0.2, 0.25) is 15.9 Å². The maximum atomic E-state index is 12.1.